The SMILES string of the molecule is O=C(N=C(c1ccccc1)c1ccccc1)c1ccccc1N=C=C(c1ccccc1)c1ccccc1. The highest BCUT2D eigenvalue weighted by molar-refractivity contribution is 6.19. The first-order valence-electron chi connectivity index (χ1n) is 12.1. The molecule has 176 valence electrons. The molecular formula is C34H24N2O. The van der Waals surface area contributed by atoms with E-state index in [0.29, 0.717) is 17.0 Å². The lowest BCUT2D eigenvalue weighted by Crippen LogP contribution is -2.08. The lowest BCUT2D eigenvalue weighted by Gasteiger charge is -2.08. The number of aliphatic imine (C=N–C) groups is 2. The Balaban J connectivity index is 1.60. The van der Waals surface area contributed by atoms with E-state index in [-0.39, 0.29) is 5.91 Å². The van der Waals surface area contributed by atoms with Crippen molar-refractivity contribution < 1.29 is 4.79 Å². The molecule has 0 saturated heterocycles. The van der Waals surface area contributed by atoms with Crippen LogP contribution in [0.5, 0.6) is 0 Å². The number of rotatable bonds is 6. The Kier molecular flexibility index (Phi) is 7.37. The maximum absolute atomic E-state index is 13.5. The summed E-state index contributed by atoms with van der Waals surface area (Å²) in [4.78, 5) is 22.8. The van der Waals surface area contributed by atoms with Gasteiger partial charge in [0.2, 0.25) is 0 Å². The summed E-state index contributed by atoms with van der Waals surface area (Å²) in [5.41, 5.74) is 6.14. The lowest BCUT2D eigenvalue weighted by molar-refractivity contribution is 0.100. The third-order valence-electron chi connectivity index (χ3n) is 5.86. The van der Waals surface area contributed by atoms with Crippen LogP contribution in [-0.2, 0) is 0 Å². The monoisotopic (exact) mass is 476 g/mol. The molecule has 0 bridgehead atoms. The second-order valence-electron chi connectivity index (χ2n) is 8.35. The van der Waals surface area contributed by atoms with Gasteiger partial charge in [0.1, 0.15) is 0 Å². The van der Waals surface area contributed by atoms with Crippen molar-refractivity contribution in [3.8, 4) is 0 Å². The first-order chi connectivity index (χ1) is 18.3. The van der Waals surface area contributed by atoms with Gasteiger partial charge in [0, 0.05) is 11.1 Å². The Morgan fingerprint density at radius 3 is 1.38 bits per heavy atom. The number of carbonyl (C=O) groups is 1. The standard InChI is InChI=1S/C34H24N2O/c37-34(36-33(28-19-9-3-10-20-28)29-21-11-4-12-22-29)30-23-13-14-24-32(30)35-25-31(26-15-5-1-6-16-26)27-17-7-2-8-18-27/h1-24H. The first-order valence-corrected chi connectivity index (χ1v) is 12.1. The normalized spacial score (nSPS) is 10.2. The highest BCUT2D eigenvalue weighted by Gasteiger charge is 2.14. The zero-order valence-electron chi connectivity index (χ0n) is 20.2. The van der Waals surface area contributed by atoms with Crippen LogP contribution in [0.25, 0.3) is 5.57 Å². The average molecular weight is 477 g/mol. The third kappa shape index (κ3) is 5.76. The van der Waals surface area contributed by atoms with Gasteiger partial charge >= 0.3 is 0 Å². The maximum atomic E-state index is 13.5. The smallest absolute Gasteiger partial charge is 0.267 e. The van der Waals surface area contributed by atoms with Gasteiger partial charge in [0.25, 0.3) is 5.91 Å². The molecule has 1 amide bonds. The van der Waals surface area contributed by atoms with Gasteiger partial charge in [-0.15, -0.1) is 0 Å². The van der Waals surface area contributed by atoms with Gasteiger partial charge in [-0.3, -0.25) is 4.79 Å². The van der Waals surface area contributed by atoms with E-state index in [2.05, 4.69) is 15.9 Å². The number of nitrogens with zero attached hydrogens (tertiary/aromatic N) is 2. The Morgan fingerprint density at radius 1 is 0.486 bits per heavy atom. The van der Waals surface area contributed by atoms with Crippen molar-refractivity contribution in [2.75, 3.05) is 0 Å². The quantitative estimate of drug-likeness (QED) is 0.231. The van der Waals surface area contributed by atoms with Crippen LogP contribution in [-0.4, -0.2) is 17.5 Å². The van der Waals surface area contributed by atoms with Crippen LogP contribution in [0.15, 0.2) is 156 Å². The minimum atomic E-state index is -0.357. The highest BCUT2D eigenvalue weighted by Crippen LogP contribution is 2.24. The Bertz CT molecular complexity index is 1500. The van der Waals surface area contributed by atoms with Crippen LogP contribution in [0.2, 0.25) is 0 Å². The zero-order chi connectivity index (χ0) is 25.3. The van der Waals surface area contributed by atoms with Gasteiger partial charge in [-0.2, -0.15) is 0 Å². The molecule has 0 aliphatic carbocycles. The summed E-state index contributed by atoms with van der Waals surface area (Å²) in [5, 5.41) is 0. The maximum Gasteiger partial charge on any atom is 0.279 e. The molecule has 37 heavy (non-hydrogen) atoms. The topological polar surface area (TPSA) is 41.8 Å². The summed E-state index contributed by atoms with van der Waals surface area (Å²) < 4.78 is 0. The second kappa shape index (κ2) is 11.5. The summed E-state index contributed by atoms with van der Waals surface area (Å²) in [6.07, 6.45) is 0. The average Bonchev–Trinajstić information content (AvgIpc) is 2.98. The Hall–Kier alpha value is -5.11. The van der Waals surface area contributed by atoms with Crippen LogP contribution < -0.4 is 0 Å². The van der Waals surface area contributed by atoms with E-state index in [0.717, 1.165) is 27.8 Å². The van der Waals surface area contributed by atoms with Gasteiger partial charge < -0.3 is 0 Å². The van der Waals surface area contributed by atoms with Gasteiger partial charge in [-0.25, -0.2) is 9.98 Å². The summed E-state index contributed by atoms with van der Waals surface area (Å²) in [5.74, 6) is 2.86. The Morgan fingerprint density at radius 2 is 0.892 bits per heavy atom. The number of hydrogen-bond donors (Lipinski definition) is 0. The van der Waals surface area contributed by atoms with Crippen LogP contribution >= 0.6 is 0 Å². The van der Waals surface area contributed by atoms with Crippen LogP contribution in [0.4, 0.5) is 5.69 Å². The number of hydrogen-bond acceptors (Lipinski definition) is 2. The molecule has 3 nitrogen and oxygen atoms in total. The summed E-state index contributed by atoms with van der Waals surface area (Å²) in [6.45, 7) is 0. The number of carbonyl (C=O) groups excluding carboxylic acids is 1. The van der Waals surface area contributed by atoms with Gasteiger partial charge in [0.05, 0.1) is 22.5 Å². The van der Waals surface area contributed by atoms with Gasteiger partial charge in [0.15, 0.2) is 0 Å². The predicted octanol–water partition coefficient (Wildman–Crippen LogP) is 7.80. The zero-order valence-corrected chi connectivity index (χ0v) is 20.2. The minimum Gasteiger partial charge on any atom is -0.267 e. The van der Waals surface area contributed by atoms with Crippen molar-refractivity contribution >= 4 is 28.7 Å². The van der Waals surface area contributed by atoms with E-state index in [1.165, 1.54) is 0 Å². The van der Waals surface area contributed by atoms with E-state index in [1.807, 2.05) is 140 Å². The van der Waals surface area contributed by atoms with Crippen molar-refractivity contribution in [3.05, 3.63) is 173 Å². The summed E-state index contributed by atoms with van der Waals surface area (Å²) >= 11 is 0. The molecule has 0 fully saturated rings. The molecule has 0 heterocycles. The van der Waals surface area contributed by atoms with Crippen LogP contribution in [0.1, 0.15) is 32.6 Å². The molecule has 0 spiro atoms. The fourth-order valence-electron chi connectivity index (χ4n) is 4.02. The number of para-hydroxylation sites is 1. The van der Waals surface area contributed by atoms with E-state index < -0.39 is 0 Å². The Labute approximate surface area is 216 Å². The van der Waals surface area contributed by atoms with Crippen molar-refractivity contribution in [3.63, 3.8) is 0 Å². The molecule has 5 rings (SSSR count). The molecule has 0 unspecified atom stereocenters. The number of amides is 1. The van der Waals surface area contributed by atoms with Crippen molar-refractivity contribution in [2.45, 2.75) is 0 Å². The van der Waals surface area contributed by atoms with Crippen LogP contribution in [0.3, 0.4) is 0 Å². The van der Waals surface area contributed by atoms with Crippen molar-refractivity contribution in [1.82, 2.24) is 0 Å². The second-order valence-corrected chi connectivity index (χ2v) is 8.35. The van der Waals surface area contributed by atoms with Crippen LogP contribution in [0, 0.1) is 0 Å². The van der Waals surface area contributed by atoms with Gasteiger partial charge in [-0.1, -0.05) is 133 Å². The van der Waals surface area contributed by atoms with E-state index in [9.17, 15) is 4.79 Å². The summed E-state index contributed by atoms with van der Waals surface area (Å²) in [6, 6.07) is 46.7. The molecule has 0 aliphatic rings. The minimum absolute atomic E-state index is 0.357. The molecule has 0 N–H and O–H groups in total. The van der Waals surface area contributed by atoms with E-state index in [4.69, 9.17) is 0 Å². The molecule has 5 aromatic rings. The number of benzene rings is 5. The predicted molar refractivity (Wildman–Crippen MR) is 152 cm³/mol. The highest BCUT2D eigenvalue weighted by atomic mass is 16.1. The lowest BCUT2D eigenvalue weighted by atomic mass is 9.99. The van der Waals surface area contributed by atoms with Crippen molar-refractivity contribution in [1.29, 1.82) is 0 Å². The molecule has 0 aliphatic heterocycles. The first kappa shape index (κ1) is 23.6. The van der Waals surface area contributed by atoms with Crippen molar-refractivity contribution in [2.24, 2.45) is 9.98 Å². The molecular weight excluding hydrogens is 452 g/mol. The molecule has 0 radical (unpaired) electrons. The molecule has 0 aromatic heterocycles. The molecule has 5 aromatic carbocycles. The van der Waals surface area contributed by atoms with E-state index >= 15 is 0 Å². The largest absolute Gasteiger partial charge is 0.279 e. The molecule has 3 heteroatoms. The fourth-order valence-corrected chi connectivity index (χ4v) is 4.02. The molecule has 0 atom stereocenters. The fraction of sp³-hybridized carbons (Fsp3) is 0. The molecule has 0 saturated carbocycles. The summed E-state index contributed by atoms with van der Waals surface area (Å²) in [7, 11) is 0. The van der Waals surface area contributed by atoms with E-state index in [1.54, 1.807) is 6.07 Å². The van der Waals surface area contributed by atoms with Gasteiger partial charge in [-0.05, 0) is 29.1 Å². The third-order valence-corrected chi connectivity index (χ3v) is 5.86.